The normalized spacial score (nSPS) is 11.9. The number of amides is 1. The lowest BCUT2D eigenvalue weighted by atomic mass is 10.0. The topological polar surface area (TPSA) is 111 Å². The molecule has 2 aromatic carbocycles. The van der Waals surface area contributed by atoms with Crippen molar-refractivity contribution in [2.75, 3.05) is 11.1 Å². The zero-order valence-electron chi connectivity index (χ0n) is 15.4. The van der Waals surface area contributed by atoms with Gasteiger partial charge < -0.3 is 16.8 Å². The number of ketones is 1. The minimum atomic E-state index is -0.871. The predicted molar refractivity (Wildman–Crippen MR) is 110 cm³/mol. The highest BCUT2D eigenvalue weighted by Crippen LogP contribution is 2.16. The average Bonchev–Trinajstić information content (AvgIpc) is 2.72. The van der Waals surface area contributed by atoms with Gasteiger partial charge in [0.25, 0.3) is 5.91 Å². The van der Waals surface area contributed by atoms with Gasteiger partial charge in [-0.2, -0.15) is 0 Å². The molecule has 0 aliphatic rings. The minimum absolute atomic E-state index is 0.302. The molecule has 0 saturated carbocycles. The van der Waals surface area contributed by atoms with Gasteiger partial charge >= 0.3 is 0 Å². The Morgan fingerprint density at radius 3 is 2.38 bits per heavy atom. The van der Waals surface area contributed by atoms with E-state index < -0.39 is 6.04 Å². The molecule has 0 aliphatic heterocycles. The summed E-state index contributed by atoms with van der Waals surface area (Å²) in [6, 6.07) is 14.5. The fourth-order valence-electron chi connectivity index (χ4n) is 2.59. The summed E-state index contributed by atoms with van der Waals surface area (Å²) in [5.74, 6) is -0.671. The van der Waals surface area contributed by atoms with Crippen molar-refractivity contribution >= 4 is 29.3 Å². The third-order valence-electron chi connectivity index (χ3n) is 4.19. The number of benzene rings is 2. The summed E-state index contributed by atoms with van der Waals surface area (Å²) in [5.41, 5.74) is 13.8. The van der Waals surface area contributed by atoms with Crippen LogP contribution in [0.3, 0.4) is 0 Å². The van der Waals surface area contributed by atoms with E-state index in [-0.39, 0.29) is 17.5 Å². The standard InChI is InChI=1S/C22H19FN4O2/c23-17-8-1-14(2-9-17)3-10-19(28)21(25)15-4-6-16(7-5-15)22(29)27-18-11-12-26-20(24)13-18/h1-13,21H,25H2,(H3,24,26,27,29)/b10-3+. The highest BCUT2D eigenvalue weighted by atomic mass is 19.1. The van der Waals surface area contributed by atoms with Crippen LogP contribution in [0.1, 0.15) is 27.5 Å². The molecule has 1 atom stereocenters. The summed E-state index contributed by atoms with van der Waals surface area (Å²) in [6.45, 7) is 0. The first-order chi connectivity index (χ1) is 13.9. The Labute approximate surface area is 167 Å². The lowest BCUT2D eigenvalue weighted by Gasteiger charge is -2.10. The molecule has 3 rings (SSSR count). The molecule has 0 saturated heterocycles. The van der Waals surface area contributed by atoms with Crippen molar-refractivity contribution in [3.8, 4) is 0 Å². The zero-order valence-corrected chi connectivity index (χ0v) is 15.4. The summed E-state index contributed by atoms with van der Waals surface area (Å²) < 4.78 is 12.9. The number of nitrogens with two attached hydrogens (primary N) is 2. The third-order valence-corrected chi connectivity index (χ3v) is 4.19. The smallest absolute Gasteiger partial charge is 0.255 e. The van der Waals surface area contributed by atoms with E-state index in [0.717, 1.165) is 0 Å². The minimum Gasteiger partial charge on any atom is -0.384 e. The first kappa shape index (κ1) is 19.9. The Bertz CT molecular complexity index is 1050. The van der Waals surface area contributed by atoms with Crippen LogP contribution in [-0.4, -0.2) is 16.7 Å². The van der Waals surface area contributed by atoms with Gasteiger partial charge in [-0.15, -0.1) is 0 Å². The van der Waals surface area contributed by atoms with Crippen molar-refractivity contribution in [2.45, 2.75) is 6.04 Å². The SMILES string of the molecule is Nc1cc(NC(=O)c2ccc(C(N)C(=O)/C=C/c3ccc(F)cc3)cc2)ccn1. The van der Waals surface area contributed by atoms with Crippen molar-refractivity contribution < 1.29 is 14.0 Å². The van der Waals surface area contributed by atoms with E-state index in [1.165, 1.54) is 24.4 Å². The van der Waals surface area contributed by atoms with Gasteiger partial charge in [-0.05, 0) is 47.5 Å². The largest absolute Gasteiger partial charge is 0.384 e. The zero-order chi connectivity index (χ0) is 20.8. The van der Waals surface area contributed by atoms with E-state index in [0.29, 0.717) is 28.2 Å². The molecule has 0 fully saturated rings. The number of carbonyl (C=O) groups is 2. The second kappa shape index (κ2) is 8.90. The lowest BCUT2D eigenvalue weighted by molar-refractivity contribution is -0.115. The molecule has 0 aliphatic carbocycles. The average molecular weight is 390 g/mol. The van der Waals surface area contributed by atoms with Crippen molar-refractivity contribution in [3.05, 3.63) is 95.4 Å². The van der Waals surface area contributed by atoms with Crippen LogP contribution in [0.4, 0.5) is 15.9 Å². The van der Waals surface area contributed by atoms with Crippen LogP contribution in [-0.2, 0) is 4.79 Å². The number of rotatable bonds is 6. The first-order valence-electron chi connectivity index (χ1n) is 8.78. The van der Waals surface area contributed by atoms with Crippen LogP contribution in [0.5, 0.6) is 0 Å². The second-order valence-electron chi connectivity index (χ2n) is 6.31. The van der Waals surface area contributed by atoms with Gasteiger partial charge in [0.15, 0.2) is 5.78 Å². The van der Waals surface area contributed by atoms with Crippen LogP contribution >= 0.6 is 0 Å². The number of pyridine rings is 1. The van der Waals surface area contributed by atoms with E-state index >= 15 is 0 Å². The maximum Gasteiger partial charge on any atom is 0.255 e. The molecular formula is C22H19FN4O2. The van der Waals surface area contributed by atoms with E-state index in [1.807, 2.05) is 0 Å². The molecule has 6 nitrogen and oxygen atoms in total. The number of nitrogen functional groups attached to an aromatic ring is 1. The summed E-state index contributed by atoms with van der Waals surface area (Å²) in [7, 11) is 0. The monoisotopic (exact) mass is 390 g/mol. The van der Waals surface area contributed by atoms with Crippen molar-refractivity contribution in [2.24, 2.45) is 5.73 Å². The lowest BCUT2D eigenvalue weighted by Crippen LogP contribution is -2.20. The van der Waals surface area contributed by atoms with Gasteiger partial charge in [0, 0.05) is 23.5 Å². The molecule has 3 aromatic rings. The summed E-state index contributed by atoms with van der Waals surface area (Å²) in [5, 5.41) is 2.72. The molecule has 0 spiro atoms. The Morgan fingerprint density at radius 2 is 1.72 bits per heavy atom. The van der Waals surface area contributed by atoms with Crippen LogP contribution < -0.4 is 16.8 Å². The van der Waals surface area contributed by atoms with Gasteiger partial charge in [0.2, 0.25) is 0 Å². The number of halogens is 1. The van der Waals surface area contributed by atoms with Crippen LogP contribution in [0, 0.1) is 5.82 Å². The number of carbonyl (C=O) groups excluding carboxylic acids is 2. The molecule has 1 heterocycles. The van der Waals surface area contributed by atoms with Crippen LogP contribution in [0.25, 0.3) is 6.08 Å². The second-order valence-corrected chi connectivity index (χ2v) is 6.31. The quantitative estimate of drug-likeness (QED) is 0.559. The van der Waals surface area contributed by atoms with Crippen molar-refractivity contribution in [1.29, 1.82) is 0 Å². The van der Waals surface area contributed by atoms with Crippen LogP contribution in [0.2, 0.25) is 0 Å². The molecule has 146 valence electrons. The maximum absolute atomic E-state index is 12.9. The van der Waals surface area contributed by atoms with Crippen molar-refractivity contribution in [1.82, 2.24) is 4.98 Å². The molecule has 29 heavy (non-hydrogen) atoms. The van der Waals surface area contributed by atoms with Gasteiger partial charge in [0.05, 0.1) is 6.04 Å². The van der Waals surface area contributed by atoms with Gasteiger partial charge in [-0.3, -0.25) is 9.59 Å². The first-order valence-corrected chi connectivity index (χ1v) is 8.78. The highest BCUT2D eigenvalue weighted by Gasteiger charge is 2.14. The number of anilines is 2. The van der Waals surface area contributed by atoms with Gasteiger partial charge in [0.1, 0.15) is 11.6 Å². The molecule has 0 radical (unpaired) electrons. The number of nitrogens with zero attached hydrogens (tertiary/aromatic N) is 1. The van der Waals surface area contributed by atoms with E-state index in [2.05, 4.69) is 10.3 Å². The Morgan fingerprint density at radius 1 is 1.03 bits per heavy atom. The highest BCUT2D eigenvalue weighted by molar-refractivity contribution is 6.04. The molecular weight excluding hydrogens is 371 g/mol. The Kier molecular flexibility index (Phi) is 6.11. The van der Waals surface area contributed by atoms with Crippen LogP contribution in [0.15, 0.2) is 72.9 Å². The predicted octanol–water partition coefficient (Wildman–Crippen LogP) is 3.34. The fourth-order valence-corrected chi connectivity index (χ4v) is 2.59. The third kappa shape index (κ3) is 5.33. The summed E-state index contributed by atoms with van der Waals surface area (Å²) in [4.78, 5) is 28.5. The van der Waals surface area contributed by atoms with Crippen molar-refractivity contribution in [3.63, 3.8) is 0 Å². The van der Waals surface area contributed by atoms with E-state index in [1.54, 1.807) is 54.6 Å². The molecule has 1 amide bonds. The van der Waals surface area contributed by atoms with Gasteiger partial charge in [-0.25, -0.2) is 9.37 Å². The molecule has 0 bridgehead atoms. The van der Waals surface area contributed by atoms with Gasteiger partial charge in [-0.1, -0.05) is 30.3 Å². The number of hydrogen-bond acceptors (Lipinski definition) is 5. The Balaban J connectivity index is 1.64. The maximum atomic E-state index is 12.9. The number of aromatic nitrogens is 1. The number of nitrogens with one attached hydrogen (secondary N) is 1. The van der Waals surface area contributed by atoms with E-state index in [4.69, 9.17) is 11.5 Å². The molecule has 5 N–H and O–H groups in total. The molecule has 1 aromatic heterocycles. The number of hydrogen-bond donors (Lipinski definition) is 3. The Hall–Kier alpha value is -3.84. The summed E-state index contributed by atoms with van der Waals surface area (Å²) in [6.07, 6.45) is 4.42. The van der Waals surface area contributed by atoms with E-state index in [9.17, 15) is 14.0 Å². The molecule has 1 unspecified atom stereocenters. The molecule has 7 heteroatoms. The fraction of sp³-hybridized carbons (Fsp3) is 0.0455. The summed E-state index contributed by atoms with van der Waals surface area (Å²) >= 11 is 0.